The number of hydrogen-bond donors (Lipinski definition) is 1. The first-order valence-corrected chi connectivity index (χ1v) is 4.00. The van der Waals surface area contributed by atoms with Crippen LogP contribution in [0.25, 0.3) is 5.57 Å². The lowest BCUT2D eigenvalue weighted by Crippen LogP contribution is -1.97. The molecule has 0 spiro atoms. The van der Waals surface area contributed by atoms with E-state index in [2.05, 4.69) is 22.5 Å². The van der Waals surface area contributed by atoms with Gasteiger partial charge in [-0.05, 0) is 34.5 Å². The second kappa shape index (κ2) is 3.15. The lowest BCUT2D eigenvalue weighted by atomic mass is 10.2. The highest BCUT2D eigenvalue weighted by molar-refractivity contribution is 9.10. The summed E-state index contributed by atoms with van der Waals surface area (Å²) in [6, 6.07) is 1.70. The minimum Gasteiger partial charge on any atom is -0.478 e. The average molecular weight is 231 g/mol. The van der Waals surface area contributed by atoms with Gasteiger partial charge in [0, 0.05) is 0 Å². The van der Waals surface area contributed by atoms with Gasteiger partial charge in [0.25, 0.3) is 0 Å². The Balaban J connectivity index is 3.11. The molecule has 12 heavy (non-hydrogen) atoms. The summed E-state index contributed by atoms with van der Waals surface area (Å²) in [6.45, 7) is 5.15. The molecule has 0 fully saturated rings. The van der Waals surface area contributed by atoms with E-state index < -0.39 is 5.97 Å². The largest absolute Gasteiger partial charge is 0.478 e. The van der Waals surface area contributed by atoms with Gasteiger partial charge in [-0.15, -0.1) is 0 Å². The van der Waals surface area contributed by atoms with E-state index in [-0.39, 0.29) is 5.57 Å². The van der Waals surface area contributed by atoms with Crippen LogP contribution in [0.1, 0.15) is 11.3 Å². The van der Waals surface area contributed by atoms with Gasteiger partial charge in [0.05, 0.1) is 5.57 Å². The fourth-order valence-electron chi connectivity index (χ4n) is 0.840. The molecular formula is C8H7BrO3. The molecule has 0 atom stereocenters. The molecule has 64 valence electrons. The van der Waals surface area contributed by atoms with Gasteiger partial charge in [0.15, 0.2) is 4.67 Å². The number of rotatable bonds is 2. The van der Waals surface area contributed by atoms with Gasteiger partial charge in [-0.25, -0.2) is 4.79 Å². The topological polar surface area (TPSA) is 50.4 Å². The molecule has 1 rings (SSSR count). The standard InChI is InChI=1S/C8H7BrO3/c1-4-3-6(9)12-7(4)5(2)8(10)11/h3H,2H2,1H3,(H,10,11). The minimum atomic E-state index is -1.07. The van der Waals surface area contributed by atoms with Crippen molar-refractivity contribution >= 4 is 27.5 Å². The number of carboxylic acid groups (broad SMARTS) is 1. The van der Waals surface area contributed by atoms with E-state index in [0.29, 0.717) is 10.4 Å². The highest BCUT2D eigenvalue weighted by atomic mass is 79.9. The van der Waals surface area contributed by atoms with Crippen molar-refractivity contribution in [3.8, 4) is 0 Å². The number of aryl methyl sites for hydroxylation is 1. The van der Waals surface area contributed by atoms with Crippen LogP contribution in [0, 0.1) is 6.92 Å². The third-order valence-electron chi connectivity index (χ3n) is 1.42. The third kappa shape index (κ3) is 1.58. The quantitative estimate of drug-likeness (QED) is 0.795. The molecule has 0 radical (unpaired) electrons. The van der Waals surface area contributed by atoms with Crippen molar-refractivity contribution in [1.82, 2.24) is 0 Å². The van der Waals surface area contributed by atoms with Crippen molar-refractivity contribution in [2.45, 2.75) is 6.92 Å². The number of carboxylic acids is 1. The Morgan fingerprint density at radius 2 is 2.33 bits per heavy atom. The van der Waals surface area contributed by atoms with Gasteiger partial charge in [-0.3, -0.25) is 0 Å². The molecule has 0 aromatic carbocycles. The summed E-state index contributed by atoms with van der Waals surface area (Å²) in [6.07, 6.45) is 0. The molecule has 0 bridgehead atoms. The van der Waals surface area contributed by atoms with Crippen molar-refractivity contribution < 1.29 is 14.3 Å². The zero-order valence-electron chi connectivity index (χ0n) is 6.43. The van der Waals surface area contributed by atoms with Crippen LogP contribution in [0.2, 0.25) is 0 Å². The normalized spacial score (nSPS) is 9.83. The first kappa shape index (κ1) is 9.06. The minimum absolute atomic E-state index is 0.0294. The van der Waals surface area contributed by atoms with E-state index in [1.54, 1.807) is 13.0 Å². The zero-order chi connectivity index (χ0) is 9.30. The van der Waals surface area contributed by atoms with Gasteiger partial charge in [0.2, 0.25) is 0 Å². The maximum Gasteiger partial charge on any atom is 0.338 e. The second-order valence-corrected chi connectivity index (χ2v) is 3.13. The molecule has 0 unspecified atom stereocenters. The van der Waals surface area contributed by atoms with Crippen LogP contribution in [-0.2, 0) is 4.79 Å². The van der Waals surface area contributed by atoms with E-state index in [9.17, 15) is 4.79 Å². The smallest absolute Gasteiger partial charge is 0.338 e. The molecule has 0 saturated heterocycles. The van der Waals surface area contributed by atoms with Crippen LogP contribution in [-0.4, -0.2) is 11.1 Å². The molecule has 1 N–H and O–H groups in total. The molecule has 0 aliphatic rings. The van der Waals surface area contributed by atoms with Gasteiger partial charge in [-0.2, -0.15) is 0 Å². The molecular weight excluding hydrogens is 224 g/mol. The number of hydrogen-bond acceptors (Lipinski definition) is 2. The summed E-state index contributed by atoms with van der Waals surface area (Å²) < 4.78 is 5.59. The highest BCUT2D eigenvalue weighted by Crippen LogP contribution is 2.24. The lowest BCUT2D eigenvalue weighted by molar-refractivity contribution is -0.130. The van der Waals surface area contributed by atoms with Crippen molar-refractivity contribution in [2.24, 2.45) is 0 Å². The van der Waals surface area contributed by atoms with E-state index in [4.69, 9.17) is 9.52 Å². The van der Waals surface area contributed by atoms with Crippen LogP contribution in [0.5, 0.6) is 0 Å². The maximum atomic E-state index is 10.5. The van der Waals surface area contributed by atoms with Crippen LogP contribution in [0.4, 0.5) is 0 Å². The first-order valence-electron chi connectivity index (χ1n) is 3.21. The van der Waals surface area contributed by atoms with Crippen LogP contribution < -0.4 is 0 Å². The van der Waals surface area contributed by atoms with Crippen LogP contribution in [0.3, 0.4) is 0 Å². The Bertz CT molecular complexity index is 338. The third-order valence-corrected chi connectivity index (χ3v) is 1.81. The molecule has 0 saturated carbocycles. The SMILES string of the molecule is C=C(C(=O)O)c1oc(Br)cc1C. The maximum absolute atomic E-state index is 10.5. The van der Waals surface area contributed by atoms with E-state index in [1.165, 1.54) is 0 Å². The van der Waals surface area contributed by atoms with Gasteiger partial charge in [0.1, 0.15) is 5.76 Å². The zero-order valence-corrected chi connectivity index (χ0v) is 8.01. The van der Waals surface area contributed by atoms with Crippen LogP contribution >= 0.6 is 15.9 Å². The Kier molecular flexibility index (Phi) is 2.38. The fourth-order valence-corrected chi connectivity index (χ4v) is 1.35. The van der Waals surface area contributed by atoms with Crippen molar-refractivity contribution in [3.63, 3.8) is 0 Å². The average Bonchev–Trinajstić information content (AvgIpc) is 2.28. The summed E-state index contributed by atoms with van der Waals surface area (Å²) in [4.78, 5) is 10.5. The summed E-state index contributed by atoms with van der Waals surface area (Å²) in [5.74, 6) is -0.755. The molecule has 4 heteroatoms. The number of aliphatic carboxylic acids is 1. The van der Waals surface area contributed by atoms with Crippen LogP contribution in [0.15, 0.2) is 21.7 Å². The molecule has 0 aliphatic heterocycles. The lowest BCUT2D eigenvalue weighted by Gasteiger charge is -1.95. The number of carbonyl (C=O) groups is 1. The van der Waals surface area contributed by atoms with Crippen molar-refractivity contribution in [2.75, 3.05) is 0 Å². The monoisotopic (exact) mass is 230 g/mol. The van der Waals surface area contributed by atoms with Gasteiger partial charge < -0.3 is 9.52 Å². The summed E-state index contributed by atoms with van der Waals surface area (Å²) >= 11 is 3.10. The van der Waals surface area contributed by atoms with Crippen molar-refractivity contribution in [3.05, 3.63) is 28.6 Å². The molecule has 1 aromatic heterocycles. The number of furan rings is 1. The van der Waals surface area contributed by atoms with Gasteiger partial charge in [-0.1, -0.05) is 6.58 Å². The Labute approximate surface area is 77.8 Å². The molecule has 1 aromatic rings. The highest BCUT2D eigenvalue weighted by Gasteiger charge is 2.14. The molecule has 1 heterocycles. The molecule has 0 amide bonds. The van der Waals surface area contributed by atoms with E-state index in [1.807, 2.05) is 0 Å². The Hall–Kier alpha value is -1.03. The Morgan fingerprint density at radius 3 is 2.67 bits per heavy atom. The van der Waals surface area contributed by atoms with Crippen molar-refractivity contribution in [1.29, 1.82) is 0 Å². The molecule has 0 aliphatic carbocycles. The summed E-state index contributed by atoms with van der Waals surface area (Å²) in [5.41, 5.74) is 0.729. The second-order valence-electron chi connectivity index (χ2n) is 2.35. The number of halogens is 1. The summed E-state index contributed by atoms with van der Waals surface area (Å²) in [7, 11) is 0. The Morgan fingerprint density at radius 1 is 1.75 bits per heavy atom. The first-order chi connectivity index (χ1) is 5.52. The predicted octanol–water partition coefficient (Wildman–Crippen LogP) is 2.45. The fraction of sp³-hybridized carbons (Fsp3) is 0.125. The molecule has 3 nitrogen and oxygen atoms in total. The van der Waals surface area contributed by atoms with E-state index in [0.717, 1.165) is 5.56 Å². The van der Waals surface area contributed by atoms with E-state index >= 15 is 0 Å². The predicted molar refractivity (Wildman–Crippen MR) is 47.8 cm³/mol. The summed E-state index contributed by atoms with van der Waals surface area (Å²) in [5, 5.41) is 8.59. The van der Waals surface area contributed by atoms with Gasteiger partial charge >= 0.3 is 5.97 Å².